The Morgan fingerprint density at radius 1 is 1.56 bits per heavy atom. The molecule has 0 saturated carbocycles. The van der Waals surface area contributed by atoms with E-state index < -0.39 is 0 Å². The molecule has 6 nitrogen and oxygen atoms in total. The Hall–Kier alpha value is -1.96. The van der Waals surface area contributed by atoms with Crippen LogP contribution in [0.25, 0.3) is 0 Å². The first-order valence-corrected chi connectivity index (χ1v) is 5.70. The van der Waals surface area contributed by atoms with Crippen molar-refractivity contribution >= 4 is 21.8 Å². The van der Waals surface area contributed by atoms with Crippen molar-refractivity contribution in [2.24, 2.45) is 10.9 Å². The van der Waals surface area contributed by atoms with Crippen molar-refractivity contribution in [2.75, 3.05) is 0 Å². The van der Waals surface area contributed by atoms with Crippen LogP contribution in [-0.4, -0.2) is 25.8 Å². The lowest BCUT2D eigenvalue weighted by molar-refractivity contribution is 0.318. The van der Waals surface area contributed by atoms with Crippen LogP contribution in [0.3, 0.4) is 0 Å². The van der Waals surface area contributed by atoms with Crippen molar-refractivity contribution in [3.63, 3.8) is 0 Å². The lowest BCUT2D eigenvalue weighted by atomic mass is 10.2. The molecule has 0 fully saturated rings. The number of oxime groups is 1. The number of rotatable bonds is 3. The number of hydrogen-bond donors (Lipinski definition) is 2. The maximum absolute atomic E-state index is 13.6. The Balaban J connectivity index is 2.21. The maximum Gasteiger partial charge on any atom is 0.219 e. The van der Waals surface area contributed by atoms with Crippen molar-refractivity contribution in [2.45, 2.75) is 6.54 Å². The van der Waals surface area contributed by atoms with Crippen LogP contribution in [0.2, 0.25) is 0 Å². The third kappa shape index (κ3) is 2.65. The summed E-state index contributed by atoms with van der Waals surface area (Å²) in [5.74, 6) is -0.440. The van der Waals surface area contributed by atoms with Crippen molar-refractivity contribution in [3.05, 3.63) is 46.2 Å². The fourth-order valence-corrected chi connectivity index (χ4v) is 1.69. The van der Waals surface area contributed by atoms with Crippen molar-refractivity contribution < 1.29 is 9.60 Å². The molecular weight excluding hydrogens is 305 g/mol. The molecule has 0 atom stereocenters. The van der Waals surface area contributed by atoms with Crippen LogP contribution in [0.15, 0.2) is 34.2 Å². The molecule has 94 valence electrons. The van der Waals surface area contributed by atoms with Gasteiger partial charge in [0, 0.05) is 10.0 Å². The second-order valence-electron chi connectivity index (χ2n) is 3.49. The second-order valence-corrected chi connectivity index (χ2v) is 4.40. The van der Waals surface area contributed by atoms with Gasteiger partial charge in [0.05, 0.1) is 6.54 Å². The highest BCUT2D eigenvalue weighted by Crippen LogP contribution is 2.15. The molecular formula is C10H9BrFN5O. The summed E-state index contributed by atoms with van der Waals surface area (Å²) in [6.45, 7) is 0.213. The van der Waals surface area contributed by atoms with Crippen molar-refractivity contribution in [3.8, 4) is 0 Å². The van der Waals surface area contributed by atoms with E-state index in [4.69, 9.17) is 10.9 Å². The van der Waals surface area contributed by atoms with Gasteiger partial charge in [-0.3, -0.25) is 0 Å². The summed E-state index contributed by atoms with van der Waals surface area (Å²) in [6, 6.07) is 4.75. The molecule has 0 radical (unpaired) electrons. The number of amidine groups is 1. The number of benzene rings is 1. The molecule has 0 saturated heterocycles. The van der Waals surface area contributed by atoms with Gasteiger partial charge in [0.15, 0.2) is 0 Å². The summed E-state index contributed by atoms with van der Waals surface area (Å²) in [6.07, 6.45) is 1.38. The molecule has 1 aromatic heterocycles. The minimum atomic E-state index is -0.342. The van der Waals surface area contributed by atoms with E-state index in [0.29, 0.717) is 10.0 Å². The summed E-state index contributed by atoms with van der Waals surface area (Å²) in [5, 5.41) is 15.2. The summed E-state index contributed by atoms with van der Waals surface area (Å²) in [5.41, 5.74) is 5.80. The molecule has 0 aliphatic carbocycles. The Labute approximate surface area is 110 Å². The maximum atomic E-state index is 13.6. The van der Waals surface area contributed by atoms with Gasteiger partial charge in [-0.05, 0) is 12.1 Å². The Kier molecular flexibility index (Phi) is 3.56. The number of nitrogens with two attached hydrogens (primary N) is 1. The lowest BCUT2D eigenvalue weighted by Gasteiger charge is -2.03. The highest BCUT2D eigenvalue weighted by Gasteiger charge is 2.08. The number of aromatic nitrogens is 3. The minimum Gasteiger partial charge on any atom is -0.409 e. The molecule has 0 aliphatic heterocycles. The normalized spacial score (nSPS) is 11.8. The molecule has 0 amide bonds. The fraction of sp³-hybridized carbons (Fsp3) is 0.100. The van der Waals surface area contributed by atoms with Gasteiger partial charge in [0.25, 0.3) is 0 Å². The van der Waals surface area contributed by atoms with Gasteiger partial charge in [0.2, 0.25) is 11.7 Å². The van der Waals surface area contributed by atoms with Gasteiger partial charge in [-0.1, -0.05) is 27.2 Å². The van der Waals surface area contributed by atoms with E-state index in [2.05, 4.69) is 31.2 Å². The third-order valence-corrected chi connectivity index (χ3v) is 2.71. The van der Waals surface area contributed by atoms with Gasteiger partial charge >= 0.3 is 0 Å². The summed E-state index contributed by atoms with van der Waals surface area (Å²) >= 11 is 3.18. The first-order chi connectivity index (χ1) is 8.60. The van der Waals surface area contributed by atoms with Gasteiger partial charge in [-0.25, -0.2) is 14.1 Å². The van der Waals surface area contributed by atoms with Gasteiger partial charge < -0.3 is 10.9 Å². The van der Waals surface area contributed by atoms with E-state index in [0.717, 1.165) is 0 Å². The number of hydrogen-bond acceptors (Lipinski definition) is 4. The zero-order chi connectivity index (χ0) is 13.1. The third-order valence-electron chi connectivity index (χ3n) is 2.22. The highest BCUT2D eigenvalue weighted by molar-refractivity contribution is 9.10. The topological polar surface area (TPSA) is 89.3 Å². The average molecular weight is 314 g/mol. The van der Waals surface area contributed by atoms with Crippen LogP contribution in [0.4, 0.5) is 4.39 Å². The molecule has 0 aliphatic rings. The van der Waals surface area contributed by atoms with Crippen molar-refractivity contribution in [1.82, 2.24) is 14.8 Å². The Morgan fingerprint density at radius 3 is 3.00 bits per heavy atom. The van der Waals surface area contributed by atoms with Gasteiger partial charge in [-0.2, -0.15) is 0 Å². The van der Waals surface area contributed by atoms with Crippen LogP contribution in [0, 0.1) is 5.82 Å². The summed E-state index contributed by atoms with van der Waals surface area (Å²) in [4.78, 5) is 3.83. The van der Waals surface area contributed by atoms with Crippen LogP contribution in [0.5, 0.6) is 0 Å². The summed E-state index contributed by atoms with van der Waals surface area (Å²) in [7, 11) is 0. The van der Waals surface area contributed by atoms with Gasteiger partial charge in [0.1, 0.15) is 12.1 Å². The quantitative estimate of drug-likeness (QED) is 0.387. The van der Waals surface area contributed by atoms with Crippen LogP contribution >= 0.6 is 15.9 Å². The number of nitrogens with zero attached hydrogens (tertiary/aromatic N) is 4. The van der Waals surface area contributed by atoms with Gasteiger partial charge in [-0.15, -0.1) is 5.10 Å². The molecule has 3 N–H and O–H groups in total. The van der Waals surface area contributed by atoms with E-state index in [1.54, 1.807) is 12.1 Å². The second kappa shape index (κ2) is 5.13. The predicted octanol–water partition coefficient (Wildman–Crippen LogP) is 1.32. The van der Waals surface area contributed by atoms with E-state index in [1.807, 2.05) is 0 Å². The number of halogens is 2. The fourth-order valence-electron chi connectivity index (χ4n) is 1.36. The molecule has 2 aromatic rings. The molecule has 0 bridgehead atoms. The standard InChI is InChI=1S/C10H9BrFN5O/c11-7-2-1-6(8(12)3-7)4-17-5-14-10(15-17)9(13)16-18/h1-3,5,18H,4H2,(H2,13,16). The van der Waals surface area contributed by atoms with E-state index in [9.17, 15) is 4.39 Å². The summed E-state index contributed by atoms with van der Waals surface area (Å²) < 4.78 is 15.7. The van der Waals surface area contributed by atoms with Crippen LogP contribution in [-0.2, 0) is 6.54 Å². The molecule has 0 spiro atoms. The minimum absolute atomic E-state index is 0.0926. The molecule has 0 unspecified atom stereocenters. The van der Waals surface area contributed by atoms with Crippen LogP contribution < -0.4 is 5.73 Å². The van der Waals surface area contributed by atoms with Crippen molar-refractivity contribution in [1.29, 1.82) is 0 Å². The van der Waals surface area contributed by atoms with E-state index in [-0.39, 0.29) is 24.0 Å². The van der Waals surface area contributed by atoms with Crippen LogP contribution in [0.1, 0.15) is 11.4 Å². The zero-order valence-corrected chi connectivity index (χ0v) is 10.7. The van der Waals surface area contributed by atoms with E-state index >= 15 is 0 Å². The first kappa shape index (κ1) is 12.5. The SMILES string of the molecule is NC(=NO)c1ncn(Cc2ccc(Br)cc2F)n1. The molecule has 1 heterocycles. The molecule has 18 heavy (non-hydrogen) atoms. The van der Waals surface area contributed by atoms with E-state index in [1.165, 1.54) is 17.1 Å². The molecule has 2 rings (SSSR count). The zero-order valence-electron chi connectivity index (χ0n) is 9.09. The smallest absolute Gasteiger partial charge is 0.219 e. The predicted molar refractivity (Wildman–Crippen MR) is 65.7 cm³/mol. The largest absolute Gasteiger partial charge is 0.409 e. The molecule has 1 aromatic carbocycles. The Morgan fingerprint density at radius 2 is 2.33 bits per heavy atom. The molecule has 8 heteroatoms. The average Bonchev–Trinajstić information content (AvgIpc) is 2.80. The highest BCUT2D eigenvalue weighted by atomic mass is 79.9. The monoisotopic (exact) mass is 313 g/mol. The Bertz CT molecular complexity index is 598. The lowest BCUT2D eigenvalue weighted by Crippen LogP contribution is -2.15. The first-order valence-electron chi connectivity index (χ1n) is 4.91.